The summed E-state index contributed by atoms with van der Waals surface area (Å²) < 4.78 is 5.39. The summed E-state index contributed by atoms with van der Waals surface area (Å²) in [6.45, 7) is 6.22. The fourth-order valence-electron chi connectivity index (χ4n) is 2.18. The molecule has 0 aliphatic rings. The van der Waals surface area contributed by atoms with E-state index in [0.29, 0.717) is 25.6 Å². The van der Waals surface area contributed by atoms with Gasteiger partial charge in [0.1, 0.15) is 12.4 Å². The number of aromatic nitrogens is 2. The van der Waals surface area contributed by atoms with Gasteiger partial charge in [0.05, 0.1) is 6.61 Å². The third-order valence-corrected chi connectivity index (χ3v) is 3.29. The van der Waals surface area contributed by atoms with Crippen molar-refractivity contribution in [2.45, 2.75) is 20.5 Å². The molecule has 7 nitrogen and oxygen atoms in total. The average molecular weight is 343 g/mol. The van der Waals surface area contributed by atoms with E-state index in [4.69, 9.17) is 4.74 Å². The first kappa shape index (κ1) is 18.7. The number of rotatable bonds is 10. The van der Waals surface area contributed by atoms with Crippen LogP contribution in [0.25, 0.3) is 0 Å². The van der Waals surface area contributed by atoms with Gasteiger partial charge in [-0.05, 0) is 19.4 Å². The number of nitrogens with one attached hydrogen (secondary N) is 3. The van der Waals surface area contributed by atoms with E-state index in [2.05, 4.69) is 25.9 Å². The minimum absolute atomic E-state index is 0.0477. The van der Waals surface area contributed by atoms with Gasteiger partial charge in [-0.25, -0.2) is 4.98 Å². The molecule has 0 saturated heterocycles. The van der Waals surface area contributed by atoms with Crippen LogP contribution in [0.2, 0.25) is 0 Å². The molecule has 0 radical (unpaired) electrons. The fourth-order valence-corrected chi connectivity index (χ4v) is 2.18. The van der Waals surface area contributed by atoms with Crippen molar-refractivity contribution in [2.75, 3.05) is 36.9 Å². The van der Waals surface area contributed by atoms with Crippen LogP contribution in [0.1, 0.15) is 18.2 Å². The van der Waals surface area contributed by atoms with E-state index in [1.807, 2.05) is 50.2 Å². The first-order chi connectivity index (χ1) is 12.2. The number of aryl methyl sites for hydroxylation is 1. The summed E-state index contributed by atoms with van der Waals surface area (Å²) >= 11 is 0. The maximum Gasteiger partial charge on any atom is 0.246 e. The van der Waals surface area contributed by atoms with E-state index in [1.165, 1.54) is 0 Å². The van der Waals surface area contributed by atoms with Crippen LogP contribution in [-0.2, 0) is 16.1 Å². The summed E-state index contributed by atoms with van der Waals surface area (Å²) in [6.07, 6.45) is 0. The highest BCUT2D eigenvalue weighted by Crippen LogP contribution is 2.08. The summed E-state index contributed by atoms with van der Waals surface area (Å²) in [7, 11) is 0. The Morgan fingerprint density at radius 3 is 2.68 bits per heavy atom. The minimum Gasteiger partial charge on any atom is -0.368 e. The lowest BCUT2D eigenvalue weighted by molar-refractivity contribution is -0.126. The molecule has 1 aromatic carbocycles. The monoisotopic (exact) mass is 343 g/mol. The van der Waals surface area contributed by atoms with Crippen molar-refractivity contribution in [1.29, 1.82) is 0 Å². The number of anilines is 2. The first-order valence-corrected chi connectivity index (χ1v) is 8.39. The largest absolute Gasteiger partial charge is 0.368 e. The highest BCUT2D eigenvalue weighted by Gasteiger charge is 2.03. The SMILES string of the molecule is CCNc1nc(C)cc(NCCNC(=O)COCc2ccccc2)n1. The van der Waals surface area contributed by atoms with Crippen LogP contribution in [0.15, 0.2) is 36.4 Å². The second kappa shape index (κ2) is 10.2. The number of hydrogen-bond donors (Lipinski definition) is 3. The van der Waals surface area contributed by atoms with E-state index in [1.54, 1.807) is 0 Å². The first-order valence-electron chi connectivity index (χ1n) is 8.39. The van der Waals surface area contributed by atoms with Gasteiger partial charge in [-0.2, -0.15) is 4.98 Å². The van der Waals surface area contributed by atoms with Crippen LogP contribution >= 0.6 is 0 Å². The summed E-state index contributed by atoms with van der Waals surface area (Å²) in [4.78, 5) is 20.4. The smallest absolute Gasteiger partial charge is 0.246 e. The van der Waals surface area contributed by atoms with Crippen LogP contribution in [0.4, 0.5) is 11.8 Å². The van der Waals surface area contributed by atoms with Crippen LogP contribution in [0, 0.1) is 6.92 Å². The summed E-state index contributed by atoms with van der Waals surface area (Å²) in [5.74, 6) is 1.20. The lowest BCUT2D eigenvalue weighted by Gasteiger charge is -2.10. The Labute approximate surface area is 148 Å². The molecule has 1 amide bonds. The van der Waals surface area contributed by atoms with Gasteiger partial charge in [-0.15, -0.1) is 0 Å². The molecule has 1 heterocycles. The summed E-state index contributed by atoms with van der Waals surface area (Å²) in [5, 5.41) is 9.07. The molecule has 2 rings (SSSR count). The molecule has 0 bridgehead atoms. The van der Waals surface area contributed by atoms with E-state index in [9.17, 15) is 4.79 Å². The number of carbonyl (C=O) groups is 1. The van der Waals surface area contributed by atoms with Gasteiger partial charge in [0.15, 0.2) is 0 Å². The number of carbonyl (C=O) groups excluding carboxylic acids is 1. The van der Waals surface area contributed by atoms with Crippen molar-refractivity contribution in [3.63, 3.8) is 0 Å². The van der Waals surface area contributed by atoms with Gasteiger partial charge in [0, 0.05) is 31.4 Å². The predicted molar refractivity (Wildman–Crippen MR) is 98.5 cm³/mol. The van der Waals surface area contributed by atoms with Crippen molar-refractivity contribution in [3.8, 4) is 0 Å². The molecule has 0 unspecified atom stereocenters. The van der Waals surface area contributed by atoms with Crippen LogP contribution < -0.4 is 16.0 Å². The van der Waals surface area contributed by atoms with Crippen molar-refractivity contribution in [3.05, 3.63) is 47.7 Å². The Morgan fingerprint density at radius 2 is 1.92 bits per heavy atom. The molecule has 0 aliphatic heterocycles. The van der Waals surface area contributed by atoms with Crippen LogP contribution in [0.3, 0.4) is 0 Å². The molecule has 25 heavy (non-hydrogen) atoms. The summed E-state index contributed by atoms with van der Waals surface area (Å²) in [5.41, 5.74) is 1.93. The second-order valence-electron chi connectivity index (χ2n) is 5.50. The van der Waals surface area contributed by atoms with Crippen molar-refractivity contribution in [2.24, 2.45) is 0 Å². The molecular formula is C18H25N5O2. The Morgan fingerprint density at radius 1 is 1.12 bits per heavy atom. The molecule has 1 aromatic heterocycles. The Kier molecular flexibility index (Phi) is 7.65. The quantitative estimate of drug-likeness (QED) is 0.572. The van der Waals surface area contributed by atoms with Gasteiger partial charge in [-0.1, -0.05) is 30.3 Å². The maximum atomic E-state index is 11.7. The van der Waals surface area contributed by atoms with Crippen molar-refractivity contribution < 1.29 is 9.53 Å². The normalized spacial score (nSPS) is 10.3. The number of benzene rings is 1. The molecule has 0 saturated carbocycles. The van der Waals surface area contributed by atoms with Gasteiger partial charge < -0.3 is 20.7 Å². The Balaban J connectivity index is 1.63. The van der Waals surface area contributed by atoms with Crippen molar-refractivity contribution in [1.82, 2.24) is 15.3 Å². The molecule has 7 heteroatoms. The van der Waals surface area contributed by atoms with Crippen LogP contribution in [-0.4, -0.2) is 42.1 Å². The molecule has 0 aliphatic carbocycles. The fraction of sp³-hybridized carbons (Fsp3) is 0.389. The molecule has 2 aromatic rings. The topological polar surface area (TPSA) is 88.2 Å². The lowest BCUT2D eigenvalue weighted by Crippen LogP contribution is -2.31. The number of amides is 1. The standard InChI is InChI=1S/C18H25N5O2/c1-3-19-18-22-14(2)11-16(23-18)20-9-10-21-17(24)13-25-12-15-7-5-4-6-8-15/h4-8,11H,3,9-10,12-13H2,1-2H3,(H,21,24)(H2,19,20,22,23). The highest BCUT2D eigenvalue weighted by molar-refractivity contribution is 5.77. The molecule has 0 fully saturated rings. The zero-order valence-corrected chi connectivity index (χ0v) is 14.7. The average Bonchev–Trinajstić information content (AvgIpc) is 2.59. The molecule has 0 atom stereocenters. The van der Waals surface area contributed by atoms with E-state index in [0.717, 1.165) is 23.6 Å². The zero-order chi connectivity index (χ0) is 17.9. The van der Waals surface area contributed by atoms with Crippen LogP contribution in [0.5, 0.6) is 0 Å². The lowest BCUT2D eigenvalue weighted by atomic mass is 10.2. The van der Waals surface area contributed by atoms with E-state index < -0.39 is 0 Å². The highest BCUT2D eigenvalue weighted by atomic mass is 16.5. The van der Waals surface area contributed by atoms with E-state index >= 15 is 0 Å². The van der Waals surface area contributed by atoms with Gasteiger partial charge in [0.2, 0.25) is 11.9 Å². The van der Waals surface area contributed by atoms with Gasteiger partial charge >= 0.3 is 0 Å². The van der Waals surface area contributed by atoms with Gasteiger partial charge in [-0.3, -0.25) is 4.79 Å². The number of hydrogen-bond acceptors (Lipinski definition) is 6. The number of ether oxygens (including phenoxy) is 1. The maximum absolute atomic E-state index is 11.7. The molecule has 3 N–H and O–H groups in total. The second-order valence-corrected chi connectivity index (χ2v) is 5.50. The number of nitrogens with zero attached hydrogens (tertiary/aromatic N) is 2. The molecule has 0 spiro atoms. The Bertz CT molecular complexity index is 664. The van der Waals surface area contributed by atoms with Crippen molar-refractivity contribution >= 4 is 17.7 Å². The predicted octanol–water partition coefficient (Wildman–Crippen LogP) is 1.96. The summed E-state index contributed by atoms with van der Waals surface area (Å²) in [6, 6.07) is 11.6. The zero-order valence-electron chi connectivity index (χ0n) is 14.7. The Hall–Kier alpha value is -2.67. The van der Waals surface area contributed by atoms with E-state index in [-0.39, 0.29) is 12.5 Å². The van der Waals surface area contributed by atoms with Gasteiger partial charge in [0.25, 0.3) is 0 Å². The minimum atomic E-state index is -0.134. The third kappa shape index (κ3) is 7.17. The molecule has 134 valence electrons. The third-order valence-electron chi connectivity index (χ3n) is 3.29. The molecular weight excluding hydrogens is 318 g/mol.